The van der Waals surface area contributed by atoms with Gasteiger partial charge in [-0.05, 0) is 37.3 Å². The Hall–Kier alpha value is -0.630. The molecule has 86 valence electrons. The molecule has 16 heavy (non-hydrogen) atoms. The van der Waals surface area contributed by atoms with E-state index >= 15 is 0 Å². The molecule has 1 atom stereocenters. The molecule has 1 aliphatic carbocycles. The maximum absolute atomic E-state index is 12.1. The minimum Gasteiger partial charge on any atom is -0.298 e. The number of carbonyl (C=O) groups is 1. The fourth-order valence-corrected chi connectivity index (χ4v) is 3.26. The van der Waals surface area contributed by atoms with E-state index < -0.39 is 0 Å². The molecular formula is C14H17BrO. The fourth-order valence-electron chi connectivity index (χ4n) is 2.67. The Morgan fingerprint density at radius 3 is 2.69 bits per heavy atom. The number of alkyl halides is 1. The minimum atomic E-state index is -0.139. The highest BCUT2D eigenvalue weighted by Crippen LogP contribution is 2.41. The zero-order valence-electron chi connectivity index (χ0n) is 9.85. The predicted octanol–water partition coefficient (Wildman–Crippen LogP) is 3.45. The smallest absolute Gasteiger partial charge is 0.150 e. The third-order valence-corrected chi connectivity index (χ3v) is 4.32. The second-order valence-electron chi connectivity index (χ2n) is 4.82. The molecule has 1 aromatic rings. The first-order valence-corrected chi connectivity index (χ1v) is 6.91. The van der Waals surface area contributed by atoms with Crippen LogP contribution < -0.4 is 0 Å². The number of halogens is 1. The van der Waals surface area contributed by atoms with Crippen molar-refractivity contribution in [2.45, 2.75) is 33.1 Å². The SMILES string of the molecule is CCC1(C(=O)CBr)Cc2ccc(C)cc2C1. The van der Waals surface area contributed by atoms with E-state index in [0.29, 0.717) is 11.1 Å². The van der Waals surface area contributed by atoms with Crippen LogP contribution in [0.5, 0.6) is 0 Å². The normalized spacial score (nSPS) is 23.2. The molecule has 0 bridgehead atoms. The van der Waals surface area contributed by atoms with Crippen LogP contribution in [0.25, 0.3) is 0 Å². The molecule has 2 rings (SSSR count). The Morgan fingerprint density at radius 2 is 2.06 bits per heavy atom. The lowest BCUT2D eigenvalue weighted by molar-refractivity contribution is -0.125. The van der Waals surface area contributed by atoms with Gasteiger partial charge in [-0.25, -0.2) is 0 Å². The molecule has 1 nitrogen and oxygen atoms in total. The lowest BCUT2D eigenvalue weighted by atomic mass is 9.78. The molecule has 0 radical (unpaired) electrons. The predicted molar refractivity (Wildman–Crippen MR) is 70.1 cm³/mol. The van der Waals surface area contributed by atoms with E-state index in [1.54, 1.807) is 0 Å². The Kier molecular flexibility index (Phi) is 3.20. The van der Waals surface area contributed by atoms with E-state index in [9.17, 15) is 4.79 Å². The molecule has 0 fully saturated rings. The van der Waals surface area contributed by atoms with Crippen LogP contribution in [0.4, 0.5) is 0 Å². The van der Waals surface area contributed by atoms with Crippen molar-refractivity contribution in [3.05, 3.63) is 34.9 Å². The standard InChI is InChI=1S/C14H17BrO/c1-3-14(13(16)9-15)7-11-5-4-10(2)6-12(11)8-14/h4-6H,3,7-9H2,1-2H3. The molecule has 0 saturated heterocycles. The zero-order valence-corrected chi connectivity index (χ0v) is 11.4. The van der Waals surface area contributed by atoms with Crippen LogP contribution in [0.2, 0.25) is 0 Å². The number of benzene rings is 1. The van der Waals surface area contributed by atoms with E-state index in [0.717, 1.165) is 19.3 Å². The van der Waals surface area contributed by atoms with E-state index in [-0.39, 0.29) is 5.41 Å². The van der Waals surface area contributed by atoms with Crippen molar-refractivity contribution in [2.24, 2.45) is 5.41 Å². The minimum absolute atomic E-state index is 0.139. The van der Waals surface area contributed by atoms with Crippen LogP contribution in [-0.4, -0.2) is 11.1 Å². The van der Waals surface area contributed by atoms with Crippen LogP contribution in [0.15, 0.2) is 18.2 Å². The molecule has 0 heterocycles. The topological polar surface area (TPSA) is 17.1 Å². The summed E-state index contributed by atoms with van der Waals surface area (Å²) in [5.74, 6) is 0.351. The van der Waals surface area contributed by atoms with E-state index in [1.807, 2.05) is 0 Å². The van der Waals surface area contributed by atoms with Gasteiger partial charge in [-0.3, -0.25) is 4.79 Å². The number of hydrogen-bond donors (Lipinski definition) is 0. The first-order valence-electron chi connectivity index (χ1n) is 5.79. The third-order valence-electron chi connectivity index (χ3n) is 3.81. The average Bonchev–Trinajstić information content (AvgIpc) is 2.67. The quantitative estimate of drug-likeness (QED) is 0.775. The summed E-state index contributed by atoms with van der Waals surface area (Å²) < 4.78 is 0. The number of Topliss-reactive ketones (excluding diaryl/α,β-unsaturated/α-hetero) is 1. The van der Waals surface area contributed by atoms with Crippen molar-refractivity contribution < 1.29 is 4.79 Å². The van der Waals surface area contributed by atoms with Crippen molar-refractivity contribution in [1.82, 2.24) is 0 Å². The van der Waals surface area contributed by atoms with Crippen LogP contribution in [-0.2, 0) is 17.6 Å². The molecular weight excluding hydrogens is 264 g/mol. The average molecular weight is 281 g/mol. The van der Waals surface area contributed by atoms with Gasteiger partial charge in [0.25, 0.3) is 0 Å². The highest BCUT2D eigenvalue weighted by atomic mass is 79.9. The molecule has 2 heteroatoms. The van der Waals surface area contributed by atoms with Crippen LogP contribution in [0, 0.1) is 12.3 Å². The lowest BCUT2D eigenvalue weighted by Gasteiger charge is -2.24. The molecule has 1 aromatic carbocycles. The van der Waals surface area contributed by atoms with Crippen molar-refractivity contribution in [2.75, 3.05) is 5.33 Å². The number of ketones is 1. The van der Waals surface area contributed by atoms with Gasteiger partial charge >= 0.3 is 0 Å². The van der Waals surface area contributed by atoms with Gasteiger partial charge in [-0.2, -0.15) is 0 Å². The molecule has 1 aliphatic rings. The van der Waals surface area contributed by atoms with Gasteiger partial charge in [0.05, 0.1) is 5.33 Å². The van der Waals surface area contributed by atoms with E-state index in [1.165, 1.54) is 16.7 Å². The van der Waals surface area contributed by atoms with Crippen molar-refractivity contribution in [3.63, 3.8) is 0 Å². The van der Waals surface area contributed by atoms with Gasteiger partial charge in [-0.15, -0.1) is 0 Å². The second kappa shape index (κ2) is 4.33. The molecule has 0 aromatic heterocycles. The first kappa shape index (κ1) is 11.8. The summed E-state index contributed by atoms with van der Waals surface area (Å²) in [7, 11) is 0. The Morgan fingerprint density at radius 1 is 1.38 bits per heavy atom. The fraction of sp³-hybridized carbons (Fsp3) is 0.500. The summed E-state index contributed by atoms with van der Waals surface area (Å²) in [4.78, 5) is 12.1. The Labute approximate surface area is 105 Å². The number of carbonyl (C=O) groups excluding carboxylic acids is 1. The maximum atomic E-state index is 12.1. The molecule has 0 amide bonds. The Bertz CT molecular complexity index is 425. The van der Waals surface area contributed by atoms with Crippen molar-refractivity contribution in [3.8, 4) is 0 Å². The highest BCUT2D eigenvalue weighted by Gasteiger charge is 2.41. The molecule has 0 saturated carbocycles. The summed E-state index contributed by atoms with van der Waals surface area (Å²) in [6.07, 6.45) is 2.78. The number of aryl methyl sites for hydroxylation is 1. The monoisotopic (exact) mass is 280 g/mol. The summed E-state index contributed by atoms with van der Waals surface area (Å²) in [5.41, 5.74) is 3.88. The Balaban J connectivity index is 2.35. The van der Waals surface area contributed by atoms with E-state index in [4.69, 9.17) is 0 Å². The van der Waals surface area contributed by atoms with Gasteiger partial charge in [0, 0.05) is 5.41 Å². The summed E-state index contributed by atoms with van der Waals surface area (Å²) in [6.45, 7) is 4.23. The number of rotatable bonds is 3. The maximum Gasteiger partial charge on any atom is 0.150 e. The summed E-state index contributed by atoms with van der Waals surface area (Å²) in [5, 5.41) is 0.480. The first-order chi connectivity index (χ1) is 7.61. The van der Waals surface area contributed by atoms with Crippen LogP contribution >= 0.6 is 15.9 Å². The van der Waals surface area contributed by atoms with Gasteiger partial charge < -0.3 is 0 Å². The van der Waals surface area contributed by atoms with E-state index in [2.05, 4.69) is 48.0 Å². The van der Waals surface area contributed by atoms with Gasteiger partial charge in [0.1, 0.15) is 5.78 Å². The molecule has 0 N–H and O–H groups in total. The number of fused-ring (bicyclic) bond motifs is 1. The van der Waals surface area contributed by atoms with Crippen molar-refractivity contribution >= 4 is 21.7 Å². The zero-order chi connectivity index (χ0) is 11.8. The molecule has 1 unspecified atom stereocenters. The number of hydrogen-bond acceptors (Lipinski definition) is 1. The van der Waals surface area contributed by atoms with Crippen molar-refractivity contribution in [1.29, 1.82) is 0 Å². The lowest BCUT2D eigenvalue weighted by Crippen LogP contribution is -2.32. The summed E-state index contributed by atoms with van der Waals surface area (Å²) >= 11 is 3.31. The highest BCUT2D eigenvalue weighted by molar-refractivity contribution is 9.09. The van der Waals surface area contributed by atoms with Crippen LogP contribution in [0.3, 0.4) is 0 Å². The third kappa shape index (κ3) is 1.84. The van der Waals surface area contributed by atoms with Gasteiger partial charge in [-0.1, -0.05) is 46.6 Å². The van der Waals surface area contributed by atoms with Gasteiger partial charge in [0.15, 0.2) is 0 Å². The largest absolute Gasteiger partial charge is 0.298 e. The van der Waals surface area contributed by atoms with Crippen LogP contribution in [0.1, 0.15) is 30.0 Å². The van der Waals surface area contributed by atoms with Gasteiger partial charge in [0.2, 0.25) is 0 Å². The second-order valence-corrected chi connectivity index (χ2v) is 5.38. The molecule has 0 spiro atoms. The molecule has 0 aliphatic heterocycles. The summed E-state index contributed by atoms with van der Waals surface area (Å²) in [6, 6.07) is 6.56.